The molecule has 1 heterocycles. The Morgan fingerprint density at radius 2 is 2.12 bits per heavy atom. The minimum absolute atomic E-state index is 0.184. The molecule has 0 fully saturated rings. The van der Waals surface area contributed by atoms with E-state index in [1.165, 1.54) is 0 Å². The molecule has 2 aromatic rings. The molecule has 2 rings (SSSR count). The third-order valence-corrected chi connectivity index (χ3v) is 3.15. The van der Waals surface area contributed by atoms with E-state index in [1.807, 2.05) is 42.9 Å². The van der Waals surface area contributed by atoms with Gasteiger partial charge in [-0.1, -0.05) is 18.2 Å². The molecule has 4 nitrogen and oxygen atoms in total. The summed E-state index contributed by atoms with van der Waals surface area (Å²) in [6.07, 6.45) is -0.204. The van der Waals surface area contributed by atoms with Crippen molar-refractivity contribution in [1.29, 1.82) is 0 Å². The van der Waals surface area contributed by atoms with E-state index in [0.29, 0.717) is 6.42 Å². The standard InChI is InChI=1S/C13H18N2O2/c1-9(17-3)13(16)8-11-10-6-4-5-7-12(10)15(2)14-11/h4-7,9,13,16H,8H2,1-3H3. The van der Waals surface area contributed by atoms with Crippen LogP contribution >= 0.6 is 0 Å². The average Bonchev–Trinajstić information content (AvgIpc) is 2.66. The summed E-state index contributed by atoms with van der Waals surface area (Å²) in [5, 5.41) is 15.5. The van der Waals surface area contributed by atoms with Crippen LogP contribution in [-0.2, 0) is 18.2 Å². The molecule has 0 aliphatic carbocycles. The maximum Gasteiger partial charge on any atom is 0.0855 e. The van der Waals surface area contributed by atoms with E-state index in [-0.39, 0.29) is 6.10 Å². The molecule has 0 bridgehead atoms. The number of aliphatic hydroxyl groups is 1. The molecule has 4 heteroatoms. The lowest BCUT2D eigenvalue weighted by Crippen LogP contribution is -2.27. The van der Waals surface area contributed by atoms with Gasteiger partial charge in [0.25, 0.3) is 0 Å². The third-order valence-electron chi connectivity index (χ3n) is 3.15. The first-order valence-corrected chi connectivity index (χ1v) is 5.75. The number of methoxy groups -OCH3 is 1. The van der Waals surface area contributed by atoms with Gasteiger partial charge in [0.2, 0.25) is 0 Å². The van der Waals surface area contributed by atoms with Gasteiger partial charge in [0.1, 0.15) is 0 Å². The highest BCUT2D eigenvalue weighted by atomic mass is 16.5. The zero-order valence-electron chi connectivity index (χ0n) is 10.4. The van der Waals surface area contributed by atoms with Gasteiger partial charge in [-0.3, -0.25) is 4.68 Å². The lowest BCUT2D eigenvalue weighted by Gasteiger charge is -2.16. The molecule has 2 unspecified atom stereocenters. The van der Waals surface area contributed by atoms with E-state index in [9.17, 15) is 5.11 Å². The van der Waals surface area contributed by atoms with Crippen molar-refractivity contribution >= 4 is 10.9 Å². The predicted octanol–water partition coefficient (Wildman–Crippen LogP) is 1.51. The number of para-hydroxylation sites is 1. The normalized spacial score (nSPS) is 15.1. The summed E-state index contributed by atoms with van der Waals surface area (Å²) in [4.78, 5) is 0. The Morgan fingerprint density at radius 3 is 2.82 bits per heavy atom. The summed E-state index contributed by atoms with van der Waals surface area (Å²) in [6.45, 7) is 1.86. The third kappa shape index (κ3) is 2.33. The fraction of sp³-hybridized carbons (Fsp3) is 0.462. The van der Waals surface area contributed by atoms with Crippen molar-refractivity contribution in [3.63, 3.8) is 0 Å². The number of ether oxygens (including phenoxy) is 1. The first kappa shape index (κ1) is 12.1. The van der Waals surface area contributed by atoms with Gasteiger partial charge in [0.15, 0.2) is 0 Å². The molecule has 0 aliphatic heterocycles. The summed E-state index contributed by atoms with van der Waals surface area (Å²) in [5.74, 6) is 0. The van der Waals surface area contributed by atoms with Gasteiger partial charge in [-0.05, 0) is 13.0 Å². The van der Waals surface area contributed by atoms with Crippen molar-refractivity contribution in [2.75, 3.05) is 7.11 Å². The largest absolute Gasteiger partial charge is 0.390 e. The van der Waals surface area contributed by atoms with Crippen molar-refractivity contribution < 1.29 is 9.84 Å². The smallest absolute Gasteiger partial charge is 0.0855 e. The van der Waals surface area contributed by atoms with Crippen LogP contribution in [0.1, 0.15) is 12.6 Å². The monoisotopic (exact) mass is 234 g/mol. The topological polar surface area (TPSA) is 47.3 Å². The second-order valence-electron chi connectivity index (χ2n) is 4.30. The Bertz CT molecular complexity index is 507. The highest BCUT2D eigenvalue weighted by Gasteiger charge is 2.17. The van der Waals surface area contributed by atoms with Crippen molar-refractivity contribution in [3.8, 4) is 0 Å². The molecule has 1 aromatic heterocycles. The highest BCUT2D eigenvalue weighted by molar-refractivity contribution is 5.81. The molecule has 0 radical (unpaired) electrons. The lowest BCUT2D eigenvalue weighted by molar-refractivity contribution is 0.0000512. The number of aliphatic hydroxyl groups excluding tert-OH is 1. The number of hydrogen-bond acceptors (Lipinski definition) is 3. The van der Waals surface area contributed by atoms with Crippen LogP contribution in [0, 0.1) is 0 Å². The first-order chi connectivity index (χ1) is 8.13. The van der Waals surface area contributed by atoms with Gasteiger partial charge in [0, 0.05) is 26.0 Å². The fourth-order valence-corrected chi connectivity index (χ4v) is 1.96. The average molecular weight is 234 g/mol. The highest BCUT2D eigenvalue weighted by Crippen LogP contribution is 2.19. The van der Waals surface area contributed by atoms with Crippen molar-refractivity contribution in [3.05, 3.63) is 30.0 Å². The van der Waals surface area contributed by atoms with E-state index >= 15 is 0 Å². The van der Waals surface area contributed by atoms with E-state index < -0.39 is 6.10 Å². The minimum atomic E-state index is -0.529. The van der Waals surface area contributed by atoms with Crippen LogP contribution in [0.3, 0.4) is 0 Å². The molecule has 0 saturated heterocycles. The maximum absolute atomic E-state index is 9.97. The van der Waals surface area contributed by atoms with Crippen molar-refractivity contribution in [1.82, 2.24) is 9.78 Å². The molecular weight excluding hydrogens is 216 g/mol. The van der Waals surface area contributed by atoms with Gasteiger partial charge in [0.05, 0.1) is 23.4 Å². The Hall–Kier alpha value is -1.39. The zero-order chi connectivity index (χ0) is 12.4. The summed E-state index contributed by atoms with van der Waals surface area (Å²) in [6, 6.07) is 8.03. The van der Waals surface area contributed by atoms with E-state index in [1.54, 1.807) is 7.11 Å². The molecule has 17 heavy (non-hydrogen) atoms. The molecule has 1 N–H and O–H groups in total. The molecule has 0 amide bonds. The number of fused-ring (bicyclic) bond motifs is 1. The van der Waals surface area contributed by atoms with Crippen molar-refractivity contribution in [2.45, 2.75) is 25.6 Å². The van der Waals surface area contributed by atoms with E-state index in [2.05, 4.69) is 5.10 Å². The SMILES string of the molecule is COC(C)C(O)Cc1nn(C)c2ccccc12. The number of nitrogens with zero attached hydrogens (tertiary/aromatic N) is 2. The van der Waals surface area contributed by atoms with Crippen LogP contribution in [0.2, 0.25) is 0 Å². The number of aryl methyl sites for hydroxylation is 1. The summed E-state index contributed by atoms with van der Waals surface area (Å²) in [7, 11) is 3.52. The predicted molar refractivity (Wildman–Crippen MR) is 66.9 cm³/mol. The van der Waals surface area contributed by atoms with Crippen LogP contribution in [0.25, 0.3) is 10.9 Å². The molecule has 0 saturated carbocycles. The molecule has 1 aromatic carbocycles. The number of rotatable bonds is 4. The Balaban J connectivity index is 2.30. The molecule has 0 spiro atoms. The van der Waals surface area contributed by atoms with Crippen LogP contribution in [0.4, 0.5) is 0 Å². The van der Waals surface area contributed by atoms with Gasteiger partial charge >= 0.3 is 0 Å². The molecule has 0 aliphatic rings. The Labute approximate surface area is 101 Å². The molecule has 2 atom stereocenters. The van der Waals surface area contributed by atoms with Crippen LogP contribution in [0.5, 0.6) is 0 Å². The zero-order valence-corrected chi connectivity index (χ0v) is 10.4. The fourth-order valence-electron chi connectivity index (χ4n) is 1.96. The van der Waals surface area contributed by atoms with Crippen LogP contribution < -0.4 is 0 Å². The molecule has 92 valence electrons. The summed E-state index contributed by atoms with van der Waals surface area (Å²) >= 11 is 0. The number of hydrogen-bond donors (Lipinski definition) is 1. The van der Waals surface area contributed by atoms with Gasteiger partial charge < -0.3 is 9.84 Å². The van der Waals surface area contributed by atoms with Crippen LogP contribution in [0.15, 0.2) is 24.3 Å². The quantitative estimate of drug-likeness (QED) is 0.872. The van der Waals surface area contributed by atoms with E-state index in [0.717, 1.165) is 16.6 Å². The molecular formula is C13H18N2O2. The Kier molecular flexibility index (Phi) is 3.45. The summed E-state index contributed by atoms with van der Waals surface area (Å²) < 4.78 is 6.96. The Morgan fingerprint density at radius 1 is 1.41 bits per heavy atom. The van der Waals surface area contributed by atoms with Crippen molar-refractivity contribution in [2.24, 2.45) is 7.05 Å². The van der Waals surface area contributed by atoms with Crippen LogP contribution in [-0.4, -0.2) is 34.2 Å². The first-order valence-electron chi connectivity index (χ1n) is 5.75. The number of benzene rings is 1. The minimum Gasteiger partial charge on any atom is -0.390 e. The lowest BCUT2D eigenvalue weighted by atomic mass is 10.1. The van der Waals surface area contributed by atoms with Gasteiger partial charge in [-0.2, -0.15) is 5.10 Å². The summed E-state index contributed by atoms with van der Waals surface area (Å²) in [5.41, 5.74) is 2.00. The van der Waals surface area contributed by atoms with Gasteiger partial charge in [-0.15, -0.1) is 0 Å². The second-order valence-corrected chi connectivity index (χ2v) is 4.30. The van der Waals surface area contributed by atoms with E-state index in [4.69, 9.17) is 4.74 Å². The number of aromatic nitrogens is 2. The van der Waals surface area contributed by atoms with Gasteiger partial charge in [-0.25, -0.2) is 0 Å². The maximum atomic E-state index is 9.97. The second kappa shape index (κ2) is 4.85.